The average molecular weight is 370 g/mol. The monoisotopic (exact) mass is 368 g/mol. The number of aliphatic hydroxyl groups is 1. The fourth-order valence-electron chi connectivity index (χ4n) is 2.17. The highest BCUT2D eigenvalue weighted by molar-refractivity contribution is 6.36. The lowest BCUT2D eigenvalue weighted by Crippen LogP contribution is -2.41. The minimum atomic E-state index is -0.944. The lowest BCUT2D eigenvalue weighted by Gasteiger charge is -2.23. The van der Waals surface area contributed by atoms with Crippen LogP contribution in [0.15, 0.2) is 18.2 Å². The summed E-state index contributed by atoms with van der Waals surface area (Å²) in [6.45, 7) is 2.13. The summed E-state index contributed by atoms with van der Waals surface area (Å²) >= 11 is 12.0. The molecule has 3 N–H and O–H groups in total. The molecule has 22 heavy (non-hydrogen) atoms. The molecular formula is C14H19Cl3N2O3. The third kappa shape index (κ3) is 5.57. The third-order valence-electron chi connectivity index (χ3n) is 3.24. The molecule has 1 aliphatic rings. The maximum atomic E-state index is 11.8. The summed E-state index contributed by atoms with van der Waals surface area (Å²) in [6, 6.07) is 5.00. The Morgan fingerprint density at radius 3 is 2.73 bits per heavy atom. The van der Waals surface area contributed by atoms with E-state index in [1.54, 1.807) is 18.2 Å². The highest BCUT2D eigenvalue weighted by Crippen LogP contribution is 2.29. The van der Waals surface area contributed by atoms with Gasteiger partial charge in [0.1, 0.15) is 0 Å². The molecule has 0 bridgehead atoms. The maximum absolute atomic E-state index is 11.8. The summed E-state index contributed by atoms with van der Waals surface area (Å²) in [5, 5.41) is 16.7. The average Bonchev–Trinajstić information content (AvgIpc) is 2.46. The molecule has 0 aromatic heterocycles. The second kappa shape index (κ2) is 9.55. The van der Waals surface area contributed by atoms with E-state index in [1.807, 2.05) is 0 Å². The van der Waals surface area contributed by atoms with Gasteiger partial charge < -0.3 is 20.5 Å². The van der Waals surface area contributed by atoms with E-state index in [0.717, 1.165) is 6.54 Å². The van der Waals surface area contributed by atoms with Crippen LogP contribution in [0.3, 0.4) is 0 Å². The Morgan fingerprint density at radius 1 is 1.45 bits per heavy atom. The molecule has 124 valence electrons. The molecule has 0 spiro atoms. The first kappa shape index (κ1) is 19.5. The molecule has 0 radical (unpaired) electrons. The zero-order valence-corrected chi connectivity index (χ0v) is 14.2. The first-order valence-electron chi connectivity index (χ1n) is 6.79. The number of carbonyl (C=O) groups is 1. The summed E-state index contributed by atoms with van der Waals surface area (Å²) in [7, 11) is 0. The number of amides is 1. The van der Waals surface area contributed by atoms with Crippen molar-refractivity contribution in [3.8, 4) is 0 Å². The molecule has 2 rings (SSSR count). The van der Waals surface area contributed by atoms with Gasteiger partial charge in [0.25, 0.3) is 0 Å². The van der Waals surface area contributed by atoms with Gasteiger partial charge in [-0.25, -0.2) is 0 Å². The highest BCUT2D eigenvalue weighted by Gasteiger charge is 2.19. The second-order valence-electron chi connectivity index (χ2n) is 4.86. The normalized spacial score (nSPS) is 19.1. The number of rotatable bonds is 5. The quantitative estimate of drug-likeness (QED) is 0.742. The lowest BCUT2D eigenvalue weighted by molar-refractivity contribution is -0.124. The Morgan fingerprint density at radius 2 is 2.14 bits per heavy atom. The zero-order chi connectivity index (χ0) is 15.2. The van der Waals surface area contributed by atoms with Crippen molar-refractivity contribution in [2.75, 3.05) is 26.2 Å². The number of aliphatic hydroxyl groups excluding tert-OH is 1. The predicted molar refractivity (Wildman–Crippen MR) is 88.9 cm³/mol. The van der Waals surface area contributed by atoms with Crippen molar-refractivity contribution in [1.82, 2.24) is 10.6 Å². The van der Waals surface area contributed by atoms with Crippen LogP contribution in [0.25, 0.3) is 0 Å². The van der Waals surface area contributed by atoms with Crippen LogP contribution in [-0.4, -0.2) is 43.4 Å². The molecule has 1 fully saturated rings. The molecule has 8 heteroatoms. The van der Waals surface area contributed by atoms with Crippen LogP contribution in [0, 0.1) is 0 Å². The molecule has 5 nitrogen and oxygen atoms in total. The summed E-state index contributed by atoms with van der Waals surface area (Å²) in [4.78, 5) is 11.8. The number of halogens is 3. The predicted octanol–water partition coefficient (Wildman–Crippen LogP) is 1.94. The molecule has 1 aromatic carbocycles. The van der Waals surface area contributed by atoms with Crippen molar-refractivity contribution in [3.63, 3.8) is 0 Å². The SMILES string of the molecule is Cl.O=C(CC1CNCCO1)NCC(O)c1c(Cl)cccc1Cl. The van der Waals surface area contributed by atoms with Gasteiger partial charge in [-0.1, -0.05) is 29.3 Å². The first-order valence-corrected chi connectivity index (χ1v) is 7.54. The largest absolute Gasteiger partial charge is 0.386 e. The van der Waals surface area contributed by atoms with Crippen molar-refractivity contribution >= 4 is 41.5 Å². The Balaban J connectivity index is 0.00000242. The Labute approximate surface area is 145 Å². The number of carbonyl (C=O) groups excluding carboxylic acids is 1. The van der Waals surface area contributed by atoms with Gasteiger partial charge in [0.05, 0.1) is 25.2 Å². The van der Waals surface area contributed by atoms with Gasteiger partial charge in [-0.15, -0.1) is 12.4 Å². The van der Waals surface area contributed by atoms with Crippen LogP contribution >= 0.6 is 35.6 Å². The van der Waals surface area contributed by atoms with E-state index in [4.69, 9.17) is 27.9 Å². The van der Waals surface area contributed by atoms with Crippen LogP contribution in [0.2, 0.25) is 10.0 Å². The molecule has 1 aliphatic heterocycles. The van der Waals surface area contributed by atoms with Gasteiger partial charge in [-0.05, 0) is 12.1 Å². The molecule has 1 aromatic rings. The molecule has 0 aliphatic carbocycles. The van der Waals surface area contributed by atoms with E-state index in [2.05, 4.69) is 10.6 Å². The zero-order valence-electron chi connectivity index (χ0n) is 11.9. The molecule has 0 saturated carbocycles. The van der Waals surface area contributed by atoms with E-state index >= 15 is 0 Å². The van der Waals surface area contributed by atoms with Crippen molar-refractivity contribution in [2.24, 2.45) is 0 Å². The van der Waals surface area contributed by atoms with Crippen molar-refractivity contribution in [3.05, 3.63) is 33.8 Å². The standard InChI is InChI=1S/C14H18Cl2N2O3.ClH/c15-10-2-1-3-11(16)14(10)12(19)8-18-13(20)6-9-7-17-4-5-21-9;/h1-3,9,12,17,19H,4-8H2,(H,18,20);1H. The Kier molecular flexibility index (Phi) is 8.46. The molecular weight excluding hydrogens is 351 g/mol. The van der Waals surface area contributed by atoms with Gasteiger partial charge in [0.15, 0.2) is 0 Å². The third-order valence-corrected chi connectivity index (χ3v) is 3.90. The van der Waals surface area contributed by atoms with E-state index in [0.29, 0.717) is 28.8 Å². The van der Waals surface area contributed by atoms with Crippen molar-refractivity contribution < 1.29 is 14.6 Å². The van der Waals surface area contributed by atoms with Crippen LogP contribution in [0.1, 0.15) is 18.1 Å². The van der Waals surface area contributed by atoms with Crippen LogP contribution in [0.5, 0.6) is 0 Å². The van der Waals surface area contributed by atoms with Crippen molar-refractivity contribution in [1.29, 1.82) is 0 Å². The Hall–Kier alpha value is -0.560. The molecule has 2 unspecified atom stereocenters. The van der Waals surface area contributed by atoms with Gasteiger partial charge in [0.2, 0.25) is 5.91 Å². The highest BCUT2D eigenvalue weighted by atomic mass is 35.5. The van der Waals surface area contributed by atoms with E-state index in [-0.39, 0.29) is 37.4 Å². The minimum absolute atomic E-state index is 0. The summed E-state index contributed by atoms with van der Waals surface area (Å²) in [6.07, 6.45) is -0.809. The summed E-state index contributed by atoms with van der Waals surface area (Å²) in [5.74, 6) is -0.175. The number of nitrogens with one attached hydrogen (secondary N) is 2. The van der Waals surface area contributed by atoms with Gasteiger partial charge in [0, 0.05) is 35.2 Å². The van der Waals surface area contributed by atoms with Gasteiger partial charge in [-0.3, -0.25) is 4.79 Å². The van der Waals surface area contributed by atoms with E-state index < -0.39 is 6.10 Å². The fourth-order valence-corrected chi connectivity index (χ4v) is 2.82. The lowest BCUT2D eigenvalue weighted by atomic mass is 10.1. The first-order chi connectivity index (χ1) is 10.1. The number of morpholine rings is 1. The molecule has 1 saturated heterocycles. The van der Waals surface area contributed by atoms with Crippen LogP contribution in [0.4, 0.5) is 0 Å². The van der Waals surface area contributed by atoms with E-state index in [9.17, 15) is 9.90 Å². The molecule has 2 atom stereocenters. The number of benzene rings is 1. The second-order valence-corrected chi connectivity index (χ2v) is 5.67. The van der Waals surface area contributed by atoms with Gasteiger partial charge >= 0.3 is 0 Å². The molecule has 1 amide bonds. The minimum Gasteiger partial charge on any atom is -0.386 e. The summed E-state index contributed by atoms with van der Waals surface area (Å²) in [5.41, 5.74) is 0.428. The number of hydrogen-bond donors (Lipinski definition) is 3. The molecule has 1 heterocycles. The maximum Gasteiger partial charge on any atom is 0.222 e. The Bertz CT molecular complexity index is 476. The number of hydrogen-bond acceptors (Lipinski definition) is 4. The van der Waals surface area contributed by atoms with Crippen molar-refractivity contribution in [2.45, 2.75) is 18.6 Å². The summed E-state index contributed by atoms with van der Waals surface area (Å²) < 4.78 is 5.45. The number of ether oxygens (including phenoxy) is 1. The smallest absolute Gasteiger partial charge is 0.222 e. The van der Waals surface area contributed by atoms with Gasteiger partial charge in [-0.2, -0.15) is 0 Å². The van der Waals surface area contributed by atoms with Crippen LogP contribution in [-0.2, 0) is 9.53 Å². The van der Waals surface area contributed by atoms with Crippen LogP contribution < -0.4 is 10.6 Å². The fraction of sp³-hybridized carbons (Fsp3) is 0.500. The topological polar surface area (TPSA) is 70.6 Å². The van der Waals surface area contributed by atoms with E-state index in [1.165, 1.54) is 0 Å².